The fourth-order valence-electron chi connectivity index (χ4n) is 0.699. The number of hydrogen-bond acceptors (Lipinski definition) is 1. The summed E-state index contributed by atoms with van der Waals surface area (Å²) < 4.78 is 1.28. The molecule has 0 radical (unpaired) electrons. The third-order valence-electron chi connectivity index (χ3n) is 1.63. The van der Waals surface area contributed by atoms with Crippen LogP contribution in [0, 0.1) is 20.8 Å². The van der Waals surface area contributed by atoms with Crippen LogP contribution in [0.5, 0.6) is 0 Å². The lowest BCUT2D eigenvalue weighted by Gasteiger charge is -1.87. The Hall–Kier alpha value is 0.180. The molecule has 0 atom stereocenters. The summed E-state index contributed by atoms with van der Waals surface area (Å²) in [4.78, 5) is 1.42. The first-order valence-corrected chi connectivity index (χ1v) is 4.46. The Morgan fingerprint density at radius 3 is 1.78 bits per heavy atom. The van der Waals surface area contributed by atoms with Crippen molar-refractivity contribution in [3.63, 3.8) is 0 Å². The van der Waals surface area contributed by atoms with Crippen LogP contribution in [0.4, 0.5) is 0 Å². The highest BCUT2D eigenvalue weighted by Gasteiger charge is 2.03. The summed E-state index contributed by atoms with van der Waals surface area (Å²) in [6, 6.07) is 0. The van der Waals surface area contributed by atoms with E-state index in [1.807, 2.05) is 11.3 Å². The SMILES string of the molecule is Cc1sc(Br)c(C)c1C. The van der Waals surface area contributed by atoms with Crippen LogP contribution in [0.25, 0.3) is 0 Å². The van der Waals surface area contributed by atoms with Crippen LogP contribution < -0.4 is 0 Å². The lowest BCUT2D eigenvalue weighted by atomic mass is 10.2. The lowest BCUT2D eigenvalue weighted by molar-refractivity contribution is 1.34. The van der Waals surface area contributed by atoms with Gasteiger partial charge in [0.15, 0.2) is 0 Å². The topological polar surface area (TPSA) is 0 Å². The van der Waals surface area contributed by atoms with E-state index in [2.05, 4.69) is 36.7 Å². The number of halogens is 1. The first-order valence-electron chi connectivity index (χ1n) is 2.85. The van der Waals surface area contributed by atoms with E-state index in [4.69, 9.17) is 0 Å². The van der Waals surface area contributed by atoms with E-state index in [-0.39, 0.29) is 0 Å². The maximum Gasteiger partial charge on any atom is 0.0733 e. The smallest absolute Gasteiger partial charge is 0.0733 e. The van der Waals surface area contributed by atoms with Crippen molar-refractivity contribution in [1.29, 1.82) is 0 Å². The molecular formula is C7H9BrS. The summed E-state index contributed by atoms with van der Waals surface area (Å²) in [5.41, 5.74) is 2.81. The van der Waals surface area contributed by atoms with Crippen molar-refractivity contribution in [3.05, 3.63) is 19.8 Å². The molecule has 0 aliphatic rings. The van der Waals surface area contributed by atoms with Crippen molar-refractivity contribution in [3.8, 4) is 0 Å². The molecule has 0 saturated carbocycles. The van der Waals surface area contributed by atoms with Crippen molar-refractivity contribution >= 4 is 27.3 Å². The van der Waals surface area contributed by atoms with Gasteiger partial charge in [0.05, 0.1) is 3.79 Å². The molecule has 0 aliphatic carbocycles. The zero-order valence-corrected chi connectivity index (χ0v) is 8.19. The van der Waals surface area contributed by atoms with Gasteiger partial charge in [0.2, 0.25) is 0 Å². The van der Waals surface area contributed by atoms with E-state index in [1.54, 1.807) is 0 Å². The monoisotopic (exact) mass is 204 g/mol. The van der Waals surface area contributed by atoms with Gasteiger partial charge in [0.1, 0.15) is 0 Å². The van der Waals surface area contributed by atoms with Gasteiger partial charge in [-0.1, -0.05) is 0 Å². The minimum absolute atomic E-state index is 1.28. The molecule has 1 heterocycles. The Morgan fingerprint density at radius 2 is 1.67 bits per heavy atom. The molecule has 0 saturated heterocycles. The lowest BCUT2D eigenvalue weighted by Crippen LogP contribution is -1.72. The number of aryl methyl sites for hydroxylation is 1. The van der Waals surface area contributed by atoms with Crippen LogP contribution in [-0.4, -0.2) is 0 Å². The summed E-state index contributed by atoms with van der Waals surface area (Å²) in [5.74, 6) is 0. The molecule has 9 heavy (non-hydrogen) atoms. The van der Waals surface area contributed by atoms with Crippen molar-refractivity contribution < 1.29 is 0 Å². The number of thiophene rings is 1. The second-order valence-electron chi connectivity index (χ2n) is 2.18. The normalized spacial score (nSPS) is 10.2. The highest BCUT2D eigenvalue weighted by molar-refractivity contribution is 9.11. The molecule has 50 valence electrons. The minimum atomic E-state index is 1.28. The Kier molecular flexibility index (Phi) is 1.97. The molecule has 0 aliphatic heterocycles. The highest BCUT2D eigenvalue weighted by Crippen LogP contribution is 2.30. The van der Waals surface area contributed by atoms with E-state index in [0.29, 0.717) is 0 Å². The quantitative estimate of drug-likeness (QED) is 0.608. The highest BCUT2D eigenvalue weighted by atomic mass is 79.9. The molecule has 0 aromatic carbocycles. The number of hydrogen-bond donors (Lipinski definition) is 0. The average Bonchev–Trinajstić information content (AvgIpc) is 1.98. The molecule has 0 unspecified atom stereocenters. The van der Waals surface area contributed by atoms with Crippen molar-refractivity contribution in [2.24, 2.45) is 0 Å². The fraction of sp³-hybridized carbons (Fsp3) is 0.429. The van der Waals surface area contributed by atoms with Gasteiger partial charge in [-0.25, -0.2) is 0 Å². The maximum atomic E-state index is 3.49. The van der Waals surface area contributed by atoms with Gasteiger partial charge in [-0.2, -0.15) is 0 Å². The van der Waals surface area contributed by atoms with E-state index >= 15 is 0 Å². The summed E-state index contributed by atoms with van der Waals surface area (Å²) in [5, 5.41) is 0. The predicted molar refractivity (Wildman–Crippen MR) is 46.2 cm³/mol. The second-order valence-corrected chi connectivity index (χ2v) is 4.72. The van der Waals surface area contributed by atoms with Crippen LogP contribution in [0.1, 0.15) is 16.0 Å². The average molecular weight is 205 g/mol. The Morgan fingerprint density at radius 1 is 1.11 bits per heavy atom. The number of rotatable bonds is 0. The summed E-state index contributed by atoms with van der Waals surface area (Å²) in [6.07, 6.45) is 0. The van der Waals surface area contributed by atoms with Crippen LogP contribution in [0.3, 0.4) is 0 Å². The third kappa shape index (κ3) is 1.19. The summed E-state index contributed by atoms with van der Waals surface area (Å²) >= 11 is 5.30. The molecule has 1 aromatic heterocycles. The van der Waals surface area contributed by atoms with Gasteiger partial charge in [-0.05, 0) is 47.8 Å². The van der Waals surface area contributed by atoms with Crippen molar-refractivity contribution in [2.45, 2.75) is 20.8 Å². The second kappa shape index (κ2) is 2.43. The molecule has 0 spiro atoms. The van der Waals surface area contributed by atoms with Gasteiger partial charge in [-0.15, -0.1) is 11.3 Å². The van der Waals surface area contributed by atoms with E-state index < -0.39 is 0 Å². The molecule has 0 amide bonds. The van der Waals surface area contributed by atoms with Crippen LogP contribution in [-0.2, 0) is 0 Å². The van der Waals surface area contributed by atoms with E-state index in [9.17, 15) is 0 Å². The van der Waals surface area contributed by atoms with Gasteiger partial charge in [-0.3, -0.25) is 0 Å². The molecule has 0 bridgehead atoms. The standard InChI is InChI=1S/C7H9BrS/c1-4-5(2)7(8)9-6(4)3/h1-3H3. The largest absolute Gasteiger partial charge is 0.133 e. The summed E-state index contributed by atoms with van der Waals surface area (Å²) in [6.45, 7) is 6.45. The van der Waals surface area contributed by atoms with Gasteiger partial charge >= 0.3 is 0 Å². The Balaban J connectivity index is 3.29. The molecule has 1 aromatic rings. The molecule has 1 rings (SSSR count). The van der Waals surface area contributed by atoms with Crippen LogP contribution >= 0.6 is 27.3 Å². The zero-order chi connectivity index (χ0) is 7.02. The van der Waals surface area contributed by atoms with Gasteiger partial charge in [0, 0.05) is 4.88 Å². The molecule has 0 N–H and O–H groups in total. The third-order valence-corrected chi connectivity index (χ3v) is 3.81. The minimum Gasteiger partial charge on any atom is -0.133 e. The van der Waals surface area contributed by atoms with Crippen molar-refractivity contribution in [1.82, 2.24) is 0 Å². The predicted octanol–water partition coefficient (Wildman–Crippen LogP) is 3.44. The zero-order valence-electron chi connectivity index (χ0n) is 5.79. The molecule has 0 fully saturated rings. The first kappa shape index (κ1) is 7.29. The van der Waals surface area contributed by atoms with E-state index in [0.717, 1.165) is 0 Å². The van der Waals surface area contributed by atoms with Crippen LogP contribution in [0.2, 0.25) is 0 Å². The first-order chi connectivity index (χ1) is 4.13. The molecular weight excluding hydrogens is 196 g/mol. The Bertz CT molecular complexity index is 203. The van der Waals surface area contributed by atoms with Crippen LogP contribution in [0.15, 0.2) is 3.79 Å². The van der Waals surface area contributed by atoms with Gasteiger partial charge < -0.3 is 0 Å². The fourth-order valence-corrected chi connectivity index (χ4v) is 2.61. The summed E-state index contributed by atoms with van der Waals surface area (Å²) in [7, 11) is 0. The maximum absolute atomic E-state index is 3.49. The van der Waals surface area contributed by atoms with Crippen molar-refractivity contribution in [2.75, 3.05) is 0 Å². The molecule has 2 heteroatoms. The Labute approximate surface area is 68.0 Å². The van der Waals surface area contributed by atoms with Gasteiger partial charge in [0.25, 0.3) is 0 Å². The molecule has 0 nitrogen and oxygen atoms in total. The van der Waals surface area contributed by atoms with E-state index in [1.165, 1.54) is 19.8 Å².